The van der Waals surface area contributed by atoms with Gasteiger partial charge in [0.25, 0.3) is 5.91 Å². The molecular formula is C21H26ClN5O3S2. The zero-order chi connectivity index (χ0) is 23.5. The third-order valence-corrected chi connectivity index (χ3v) is 8.16. The van der Waals surface area contributed by atoms with E-state index in [0.29, 0.717) is 17.9 Å². The average molecular weight is 496 g/mol. The summed E-state index contributed by atoms with van der Waals surface area (Å²) in [6, 6.07) is 9.06. The summed E-state index contributed by atoms with van der Waals surface area (Å²) >= 11 is 7.94. The van der Waals surface area contributed by atoms with Gasteiger partial charge in [0, 0.05) is 19.3 Å². The standard InChI is InChI=1S/C21H26ClN5O3S2/c1-14(2)26(3)32(29,30)15-8-9-17(22)16(13-15)21(28)23-18(10-12-31-4)20-25-24-19-7-5-6-11-27(19)20/h5-9,11,13-14,18H,10,12H2,1-4H3,(H,23,28). The van der Waals surface area contributed by atoms with Crippen LogP contribution in [-0.4, -0.2) is 58.3 Å². The van der Waals surface area contributed by atoms with E-state index in [-0.39, 0.29) is 21.5 Å². The summed E-state index contributed by atoms with van der Waals surface area (Å²) < 4.78 is 28.8. The van der Waals surface area contributed by atoms with Crippen LogP contribution in [0, 0.1) is 0 Å². The molecule has 0 fully saturated rings. The van der Waals surface area contributed by atoms with Crippen LogP contribution < -0.4 is 5.32 Å². The minimum Gasteiger partial charge on any atom is -0.342 e. The molecule has 0 bridgehead atoms. The van der Waals surface area contributed by atoms with Crippen molar-refractivity contribution in [3.8, 4) is 0 Å². The highest BCUT2D eigenvalue weighted by atomic mass is 35.5. The number of carbonyl (C=O) groups excluding carboxylic acids is 1. The predicted molar refractivity (Wildman–Crippen MR) is 128 cm³/mol. The highest BCUT2D eigenvalue weighted by Crippen LogP contribution is 2.25. The van der Waals surface area contributed by atoms with E-state index in [4.69, 9.17) is 11.6 Å². The Balaban J connectivity index is 1.94. The van der Waals surface area contributed by atoms with Crippen LogP contribution in [0.15, 0.2) is 47.5 Å². The summed E-state index contributed by atoms with van der Waals surface area (Å²) in [5.74, 6) is 0.911. The second kappa shape index (κ2) is 10.2. The Morgan fingerprint density at radius 2 is 2.00 bits per heavy atom. The largest absolute Gasteiger partial charge is 0.342 e. The number of fused-ring (bicyclic) bond motifs is 1. The van der Waals surface area contributed by atoms with Crippen LogP contribution in [0.4, 0.5) is 0 Å². The fourth-order valence-corrected chi connectivity index (χ4v) is 5.19. The molecule has 1 aromatic carbocycles. The van der Waals surface area contributed by atoms with Gasteiger partial charge in [-0.05, 0) is 62.6 Å². The number of pyridine rings is 1. The van der Waals surface area contributed by atoms with Gasteiger partial charge in [-0.2, -0.15) is 16.1 Å². The van der Waals surface area contributed by atoms with Crippen LogP contribution in [0.5, 0.6) is 0 Å². The molecular weight excluding hydrogens is 470 g/mol. The van der Waals surface area contributed by atoms with Crippen molar-refractivity contribution in [3.63, 3.8) is 0 Å². The van der Waals surface area contributed by atoms with Gasteiger partial charge in [0.05, 0.1) is 21.5 Å². The van der Waals surface area contributed by atoms with Crippen LogP contribution in [0.3, 0.4) is 0 Å². The van der Waals surface area contributed by atoms with Crippen molar-refractivity contribution in [2.75, 3.05) is 19.1 Å². The van der Waals surface area contributed by atoms with Gasteiger partial charge in [0.1, 0.15) is 0 Å². The summed E-state index contributed by atoms with van der Waals surface area (Å²) in [6.07, 6.45) is 4.44. The van der Waals surface area contributed by atoms with E-state index in [1.807, 2.05) is 35.1 Å². The zero-order valence-electron chi connectivity index (χ0n) is 18.3. The molecule has 0 aliphatic rings. The van der Waals surface area contributed by atoms with Crippen molar-refractivity contribution in [2.45, 2.75) is 37.2 Å². The number of hydrogen-bond donors (Lipinski definition) is 1. The molecule has 1 N–H and O–H groups in total. The van der Waals surface area contributed by atoms with E-state index in [2.05, 4.69) is 15.5 Å². The fraction of sp³-hybridized carbons (Fsp3) is 0.381. The number of amides is 1. The van der Waals surface area contributed by atoms with E-state index in [9.17, 15) is 13.2 Å². The highest BCUT2D eigenvalue weighted by molar-refractivity contribution is 7.98. The summed E-state index contributed by atoms with van der Waals surface area (Å²) in [6.45, 7) is 3.56. The molecule has 1 amide bonds. The minimum absolute atomic E-state index is 0.0110. The number of aromatic nitrogens is 3. The maximum absolute atomic E-state index is 13.2. The van der Waals surface area contributed by atoms with Crippen molar-refractivity contribution >= 4 is 44.9 Å². The van der Waals surface area contributed by atoms with Gasteiger partial charge in [-0.1, -0.05) is 17.7 Å². The Bertz CT molecular complexity index is 1210. The smallest absolute Gasteiger partial charge is 0.253 e. The molecule has 0 aliphatic carbocycles. The molecule has 1 atom stereocenters. The number of halogens is 1. The second-order valence-electron chi connectivity index (χ2n) is 7.55. The Kier molecular flexibility index (Phi) is 7.81. The fourth-order valence-electron chi connectivity index (χ4n) is 3.12. The van der Waals surface area contributed by atoms with Crippen LogP contribution in [-0.2, 0) is 10.0 Å². The summed E-state index contributed by atoms with van der Waals surface area (Å²) in [4.78, 5) is 13.2. The topological polar surface area (TPSA) is 96.7 Å². The second-order valence-corrected chi connectivity index (χ2v) is 10.9. The predicted octanol–water partition coefficient (Wildman–Crippen LogP) is 3.64. The molecule has 11 heteroatoms. The van der Waals surface area contributed by atoms with Crippen molar-refractivity contribution in [3.05, 3.63) is 59.0 Å². The number of sulfonamides is 1. The molecule has 0 saturated carbocycles. The summed E-state index contributed by atoms with van der Waals surface area (Å²) in [5, 5.41) is 11.6. The first-order valence-corrected chi connectivity index (χ1v) is 13.2. The molecule has 3 rings (SSSR count). The van der Waals surface area contributed by atoms with Crippen LogP contribution in [0.2, 0.25) is 5.02 Å². The van der Waals surface area contributed by atoms with Crippen molar-refractivity contribution in [2.24, 2.45) is 0 Å². The normalized spacial score (nSPS) is 13.1. The molecule has 0 spiro atoms. The number of nitrogens with one attached hydrogen (secondary N) is 1. The number of rotatable bonds is 9. The van der Waals surface area contributed by atoms with E-state index >= 15 is 0 Å². The van der Waals surface area contributed by atoms with Crippen molar-refractivity contribution < 1.29 is 13.2 Å². The van der Waals surface area contributed by atoms with Gasteiger partial charge in [-0.25, -0.2) is 8.42 Å². The number of carbonyl (C=O) groups is 1. The molecule has 0 saturated heterocycles. The average Bonchev–Trinajstić information content (AvgIpc) is 3.20. The monoisotopic (exact) mass is 495 g/mol. The molecule has 2 aromatic heterocycles. The highest BCUT2D eigenvalue weighted by Gasteiger charge is 2.26. The summed E-state index contributed by atoms with van der Waals surface area (Å²) in [5.41, 5.74) is 0.765. The Morgan fingerprint density at radius 1 is 1.25 bits per heavy atom. The number of hydrogen-bond acceptors (Lipinski definition) is 6. The number of nitrogens with zero attached hydrogens (tertiary/aromatic N) is 4. The Morgan fingerprint density at radius 3 is 2.69 bits per heavy atom. The van der Waals surface area contributed by atoms with Crippen LogP contribution >= 0.6 is 23.4 Å². The Labute approximate surface area is 197 Å². The van der Waals surface area contributed by atoms with Crippen molar-refractivity contribution in [1.82, 2.24) is 24.2 Å². The maximum Gasteiger partial charge on any atom is 0.253 e. The van der Waals surface area contributed by atoms with E-state index in [1.165, 1.54) is 29.6 Å². The number of benzene rings is 1. The van der Waals surface area contributed by atoms with E-state index in [1.54, 1.807) is 25.6 Å². The van der Waals surface area contributed by atoms with Gasteiger partial charge in [-0.15, -0.1) is 10.2 Å². The van der Waals surface area contributed by atoms with Gasteiger partial charge in [-0.3, -0.25) is 9.20 Å². The lowest BCUT2D eigenvalue weighted by Crippen LogP contribution is -2.33. The first-order valence-electron chi connectivity index (χ1n) is 10.0. The maximum atomic E-state index is 13.2. The molecule has 172 valence electrons. The molecule has 1 unspecified atom stereocenters. The van der Waals surface area contributed by atoms with Crippen LogP contribution in [0.1, 0.15) is 42.5 Å². The molecule has 0 aliphatic heterocycles. The molecule has 2 heterocycles. The third kappa shape index (κ3) is 5.09. The van der Waals surface area contributed by atoms with E-state index in [0.717, 1.165) is 5.75 Å². The SMILES string of the molecule is CSCCC(NC(=O)c1cc(S(=O)(=O)N(C)C(C)C)ccc1Cl)c1nnc2ccccn12. The van der Waals surface area contributed by atoms with Gasteiger partial charge in [0.15, 0.2) is 11.5 Å². The zero-order valence-corrected chi connectivity index (χ0v) is 20.7. The van der Waals surface area contributed by atoms with Gasteiger partial charge >= 0.3 is 0 Å². The summed E-state index contributed by atoms with van der Waals surface area (Å²) in [7, 11) is -2.26. The molecule has 3 aromatic rings. The van der Waals surface area contributed by atoms with Crippen LogP contribution in [0.25, 0.3) is 5.65 Å². The molecule has 0 radical (unpaired) electrons. The van der Waals surface area contributed by atoms with Gasteiger partial charge in [0.2, 0.25) is 10.0 Å². The lowest BCUT2D eigenvalue weighted by Gasteiger charge is -2.22. The first kappa shape index (κ1) is 24.5. The van der Waals surface area contributed by atoms with E-state index < -0.39 is 22.0 Å². The lowest BCUT2D eigenvalue weighted by molar-refractivity contribution is 0.0933. The van der Waals surface area contributed by atoms with Crippen molar-refractivity contribution in [1.29, 1.82) is 0 Å². The number of thioether (sulfide) groups is 1. The minimum atomic E-state index is -3.76. The lowest BCUT2D eigenvalue weighted by atomic mass is 10.1. The first-order chi connectivity index (χ1) is 15.2. The van der Waals surface area contributed by atoms with Gasteiger partial charge < -0.3 is 5.32 Å². The quantitative estimate of drug-likeness (QED) is 0.487. The third-order valence-electron chi connectivity index (χ3n) is 5.15. The molecule has 8 nitrogen and oxygen atoms in total. The Hall–Kier alpha value is -2.14. The molecule has 32 heavy (non-hydrogen) atoms.